The normalized spacial score (nSPS) is 22.2. The molecule has 108 valence electrons. The van der Waals surface area contributed by atoms with E-state index < -0.39 is 0 Å². The van der Waals surface area contributed by atoms with Crippen LogP contribution in [0.25, 0.3) is 0 Å². The molecule has 0 bridgehead atoms. The number of likely N-dealkylation sites (N-methyl/N-ethyl adjacent to an activating group) is 1. The molecule has 1 aromatic rings. The van der Waals surface area contributed by atoms with E-state index in [1.165, 1.54) is 0 Å². The van der Waals surface area contributed by atoms with Crippen molar-refractivity contribution in [1.82, 2.24) is 4.90 Å². The van der Waals surface area contributed by atoms with Crippen LogP contribution >= 0.6 is 0 Å². The molecule has 2 N–H and O–H groups in total. The summed E-state index contributed by atoms with van der Waals surface area (Å²) in [5, 5.41) is 0. The molecule has 3 rings (SSSR count). The number of fused-ring (bicyclic) bond motifs is 1. The van der Waals surface area contributed by atoms with Gasteiger partial charge in [-0.15, -0.1) is 0 Å². The molecule has 1 atom stereocenters. The van der Waals surface area contributed by atoms with Crippen molar-refractivity contribution in [3.05, 3.63) is 24.3 Å². The third-order valence-electron chi connectivity index (χ3n) is 4.09. The number of carbonyl (C=O) groups is 1. The van der Waals surface area contributed by atoms with Gasteiger partial charge in [0.2, 0.25) is 5.91 Å². The third kappa shape index (κ3) is 2.33. The largest absolute Gasteiger partial charge is 0.486 e. The lowest BCUT2D eigenvalue weighted by atomic mass is 10.1. The molecule has 1 unspecified atom stereocenters. The summed E-state index contributed by atoms with van der Waals surface area (Å²) in [6.07, 6.45) is 1.67. The molecule has 0 spiro atoms. The SMILES string of the molecule is CN(CC1COc2ccccc2O1)C(=O)C1(CN)CC1. The number of amides is 1. The Bertz CT molecular complexity index is 514. The highest BCUT2D eigenvalue weighted by molar-refractivity contribution is 5.85. The van der Waals surface area contributed by atoms with E-state index in [1.54, 1.807) is 4.90 Å². The summed E-state index contributed by atoms with van der Waals surface area (Å²) in [6.45, 7) is 1.42. The fourth-order valence-corrected chi connectivity index (χ4v) is 2.60. The predicted molar refractivity (Wildman–Crippen MR) is 74.7 cm³/mol. The maximum Gasteiger partial charge on any atom is 0.229 e. The lowest BCUT2D eigenvalue weighted by Gasteiger charge is -2.31. The molecule has 1 aromatic carbocycles. The summed E-state index contributed by atoms with van der Waals surface area (Å²) < 4.78 is 11.5. The van der Waals surface area contributed by atoms with Gasteiger partial charge in [-0.3, -0.25) is 4.79 Å². The van der Waals surface area contributed by atoms with Crippen LogP contribution in [0.2, 0.25) is 0 Å². The predicted octanol–water partition coefficient (Wildman–Crippen LogP) is 1.02. The van der Waals surface area contributed by atoms with E-state index in [2.05, 4.69) is 0 Å². The Labute approximate surface area is 118 Å². The van der Waals surface area contributed by atoms with Crippen LogP contribution in [0.1, 0.15) is 12.8 Å². The maximum absolute atomic E-state index is 12.3. The van der Waals surface area contributed by atoms with E-state index in [0.29, 0.717) is 19.7 Å². The van der Waals surface area contributed by atoms with E-state index in [-0.39, 0.29) is 17.4 Å². The molecule has 1 saturated carbocycles. The molecule has 20 heavy (non-hydrogen) atoms. The Morgan fingerprint density at radius 3 is 2.75 bits per heavy atom. The zero-order valence-electron chi connectivity index (χ0n) is 11.7. The van der Waals surface area contributed by atoms with Crippen LogP contribution in [-0.2, 0) is 4.79 Å². The van der Waals surface area contributed by atoms with Gasteiger partial charge in [0.15, 0.2) is 17.6 Å². The van der Waals surface area contributed by atoms with Crippen LogP contribution in [0, 0.1) is 5.41 Å². The standard InChI is InChI=1S/C15H20N2O3/c1-17(14(18)15(10-16)6-7-15)8-11-9-19-12-4-2-3-5-13(12)20-11/h2-5,11H,6-10,16H2,1H3. The van der Waals surface area contributed by atoms with Gasteiger partial charge in [0.25, 0.3) is 0 Å². The number of nitrogens with zero attached hydrogens (tertiary/aromatic N) is 1. The zero-order valence-corrected chi connectivity index (χ0v) is 11.7. The van der Waals surface area contributed by atoms with Gasteiger partial charge < -0.3 is 20.1 Å². The molecular weight excluding hydrogens is 256 g/mol. The molecule has 1 aliphatic carbocycles. The van der Waals surface area contributed by atoms with Crippen molar-refractivity contribution in [3.63, 3.8) is 0 Å². The minimum absolute atomic E-state index is 0.127. The highest BCUT2D eigenvalue weighted by Crippen LogP contribution is 2.46. The summed E-state index contributed by atoms with van der Waals surface area (Å²) in [7, 11) is 1.81. The summed E-state index contributed by atoms with van der Waals surface area (Å²) >= 11 is 0. The van der Waals surface area contributed by atoms with Crippen LogP contribution in [0.4, 0.5) is 0 Å². The molecule has 0 aromatic heterocycles. The number of hydrogen-bond donors (Lipinski definition) is 1. The number of hydrogen-bond acceptors (Lipinski definition) is 4. The Morgan fingerprint density at radius 1 is 1.40 bits per heavy atom. The van der Waals surface area contributed by atoms with E-state index >= 15 is 0 Å². The minimum atomic E-state index is -0.303. The second-order valence-corrected chi connectivity index (χ2v) is 5.67. The van der Waals surface area contributed by atoms with Gasteiger partial charge in [0, 0.05) is 13.6 Å². The van der Waals surface area contributed by atoms with Crippen LogP contribution in [0.15, 0.2) is 24.3 Å². The molecule has 5 nitrogen and oxygen atoms in total. The number of para-hydroxylation sites is 2. The van der Waals surface area contributed by atoms with Crippen molar-refractivity contribution in [3.8, 4) is 11.5 Å². The van der Waals surface area contributed by atoms with Crippen molar-refractivity contribution in [2.75, 3.05) is 26.7 Å². The van der Waals surface area contributed by atoms with Crippen molar-refractivity contribution in [2.24, 2.45) is 11.1 Å². The van der Waals surface area contributed by atoms with Gasteiger partial charge in [-0.05, 0) is 25.0 Å². The van der Waals surface area contributed by atoms with Crippen molar-refractivity contribution >= 4 is 5.91 Å². The molecule has 1 fully saturated rings. The van der Waals surface area contributed by atoms with Crippen LogP contribution in [0.5, 0.6) is 11.5 Å². The fourth-order valence-electron chi connectivity index (χ4n) is 2.60. The highest BCUT2D eigenvalue weighted by Gasteiger charge is 2.50. The summed E-state index contributed by atoms with van der Waals surface area (Å²) in [4.78, 5) is 14.1. The first-order valence-corrected chi connectivity index (χ1v) is 6.99. The van der Waals surface area contributed by atoms with E-state index in [1.807, 2.05) is 31.3 Å². The van der Waals surface area contributed by atoms with E-state index in [0.717, 1.165) is 24.3 Å². The topological polar surface area (TPSA) is 64.8 Å². The average Bonchev–Trinajstić information content (AvgIpc) is 3.27. The quantitative estimate of drug-likeness (QED) is 0.892. The molecule has 1 heterocycles. The van der Waals surface area contributed by atoms with Crippen LogP contribution in [0.3, 0.4) is 0 Å². The Kier molecular flexibility index (Phi) is 3.30. The Balaban J connectivity index is 1.61. The fraction of sp³-hybridized carbons (Fsp3) is 0.533. The van der Waals surface area contributed by atoms with E-state index in [9.17, 15) is 4.79 Å². The second kappa shape index (κ2) is 4.98. The number of ether oxygens (including phenoxy) is 2. The highest BCUT2D eigenvalue weighted by atomic mass is 16.6. The van der Waals surface area contributed by atoms with Gasteiger partial charge >= 0.3 is 0 Å². The lowest BCUT2D eigenvalue weighted by Crippen LogP contribution is -2.45. The molecule has 1 amide bonds. The van der Waals surface area contributed by atoms with E-state index in [4.69, 9.17) is 15.2 Å². The summed E-state index contributed by atoms with van der Waals surface area (Å²) in [5.74, 6) is 1.63. The van der Waals surface area contributed by atoms with Crippen molar-refractivity contribution in [2.45, 2.75) is 18.9 Å². The molecule has 5 heteroatoms. The summed E-state index contributed by atoms with van der Waals surface area (Å²) in [6, 6.07) is 7.59. The smallest absolute Gasteiger partial charge is 0.229 e. The molecule has 0 radical (unpaired) electrons. The monoisotopic (exact) mass is 276 g/mol. The van der Waals surface area contributed by atoms with Crippen molar-refractivity contribution in [1.29, 1.82) is 0 Å². The number of nitrogens with two attached hydrogens (primary N) is 1. The van der Waals surface area contributed by atoms with Crippen LogP contribution < -0.4 is 15.2 Å². The Morgan fingerprint density at radius 2 is 2.10 bits per heavy atom. The second-order valence-electron chi connectivity index (χ2n) is 5.67. The number of rotatable bonds is 4. The third-order valence-corrected chi connectivity index (χ3v) is 4.09. The first kappa shape index (κ1) is 13.2. The first-order valence-electron chi connectivity index (χ1n) is 6.99. The molecule has 2 aliphatic rings. The average molecular weight is 276 g/mol. The van der Waals surface area contributed by atoms with Crippen LogP contribution in [-0.4, -0.2) is 43.7 Å². The van der Waals surface area contributed by atoms with Gasteiger partial charge in [-0.2, -0.15) is 0 Å². The molecule has 0 saturated heterocycles. The minimum Gasteiger partial charge on any atom is -0.486 e. The maximum atomic E-state index is 12.3. The first-order chi connectivity index (χ1) is 9.64. The lowest BCUT2D eigenvalue weighted by molar-refractivity contribution is -0.136. The zero-order chi connectivity index (χ0) is 14.2. The molecule has 1 aliphatic heterocycles. The molecular formula is C15H20N2O3. The Hall–Kier alpha value is -1.75. The van der Waals surface area contributed by atoms with Gasteiger partial charge in [0.1, 0.15) is 6.61 Å². The number of carbonyl (C=O) groups excluding carboxylic acids is 1. The van der Waals surface area contributed by atoms with Gasteiger partial charge in [-0.1, -0.05) is 12.1 Å². The summed E-state index contributed by atoms with van der Waals surface area (Å²) in [5.41, 5.74) is 5.40. The number of benzene rings is 1. The van der Waals surface area contributed by atoms with Gasteiger partial charge in [0.05, 0.1) is 12.0 Å². The van der Waals surface area contributed by atoms with Gasteiger partial charge in [-0.25, -0.2) is 0 Å². The van der Waals surface area contributed by atoms with Crippen molar-refractivity contribution < 1.29 is 14.3 Å².